The summed E-state index contributed by atoms with van der Waals surface area (Å²) >= 11 is 0. The third-order valence-corrected chi connectivity index (χ3v) is 4.96. The van der Waals surface area contributed by atoms with Crippen LogP contribution in [0.3, 0.4) is 0 Å². The molecule has 30 heavy (non-hydrogen) atoms. The number of hydrogen-bond donors (Lipinski definition) is 1. The Hall–Kier alpha value is -2.99. The third-order valence-electron chi connectivity index (χ3n) is 4.96. The van der Waals surface area contributed by atoms with Crippen LogP contribution in [0.4, 0.5) is 0 Å². The summed E-state index contributed by atoms with van der Waals surface area (Å²) in [5, 5.41) is 2.99. The Morgan fingerprint density at radius 2 is 1.53 bits per heavy atom. The van der Waals surface area contributed by atoms with E-state index in [0.29, 0.717) is 23.8 Å². The predicted octanol–water partition coefficient (Wildman–Crippen LogP) is 3.60. The maximum Gasteiger partial charge on any atom is 0.244 e. The molecule has 2 aromatic rings. The number of likely N-dealkylation sites (N-methyl/N-ethyl adjacent to an activating group) is 1. The van der Waals surface area contributed by atoms with Crippen molar-refractivity contribution in [1.82, 2.24) is 10.2 Å². The summed E-state index contributed by atoms with van der Waals surface area (Å²) in [4.78, 5) is 15.0. The van der Waals surface area contributed by atoms with Crippen molar-refractivity contribution in [2.24, 2.45) is 0 Å². The van der Waals surface area contributed by atoms with Crippen molar-refractivity contribution in [1.29, 1.82) is 0 Å². The number of amides is 1. The highest BCUT2D eigenvalue weighted by Crippen LogP contribution is 2.41. The molecule has 0 atom stereocenters. The molecule has 0 aromatic heterocycles. The number of ether oxygens (including phenoxy) is 3. The van der Waals surface area contributed by atoms with Crippen molar-refractivity contribution in [3.63, 3.8) is 0 Å². The van der Waals surface area contributed by atoms with E-state index in [2.05, 4.69) is 24.1 Å². The number of carbonyl (C=O) groups is 1. The molecule has 1 N–H and O–H groups in total. The average molecular weight is 413 g/mol. The fourth-order valence-electron chi connectivity index (χ4n) is 3.25. The van der Waals surface area contributed by atoms with Crippen molar-refractivity contribution in [2.45, 2.75) is 13.8 Å². The summed E-state index contributed by atoms with van der Waals surface area (Å²) in [6.45, 7) is 7.56. The maximum atomic E-state index is 12.7. The smallest absolute Gasteiger partial charge is 0.244 e. The van der Waals surface area contributed by atoms with Gasteiger partial charge in [0.05, 0.1) is 21.3 Å². The second-order valence-electron chi connectivity index (χ2n) is 6.66. The molecule has 0 aliphatic carbocycles. The molecular formula is C24H32N2O4. The van der Waals surface area contributed by atoms with E-state index < -0.39 is 0 Å². The molecule has 6 heteroatoms. The van der Waals surface area contributed by atoms with Crippen LogP contribution in [0, 0.1) is 0 Å². The van der Waals surface area contributed by atoms with Crippen LogP contribution in [-0.2, 0) is 4.79 Å². The quantitative estimate of drug-likeness (QED) is 0.572. The molecule has 2 rings (SSSR count). The van der Waals surface area contributed by atoms with E-state index in [1.165, 1.54) is 0 Å². The number of carbonyl (C=O) groups excluding carboxylic acids is 1. The SMILES string of the molecule is CCN(CC)CCNC(=O)/C=C(\c1ccccc1)c1cc(OC)c(OC)c(OC)c1. The van der Waals surface area contributed by atoms with E-state index in [1.807, 2.05) is 42.5 Å². The van der Waals surface area contributed by atoms with Crippen molar-refractivity contribution < 1.29 is 19.0 Å². The zero-order chi connectivity index (χ0) is 21.9. The lowest BCUT2D eigenvalue weighted by Gasteiger charge is -2.18. The van der Waals surface area contributed by atoms with Crippen LogP contribution in [0.15, 0.2) is 48.5 Å². The minimum absolute atomic E-state index is 0.144. The van der Waals surface area contributed by atoms with Crippen LogP contribution in [0.5, 0.6) is 17.2 Å². The van der Waals surface area contributed by atoms with Gasteiger partial charge in [-0.05, 0) is 41.9 Å². The summed E-state index contributed by atoms with van der Waals surface area (Å²) < 4.78 is 16.4. The van der Waals surface area contributed by atoms with Crippen LogP contribution in [0.2, 0.25) is 0 Å². The van der Waals surface area contributed by atoms with Crippen molar-refractivity contribution >= 4 is 11.5 Å². The molecule has 6 nitrogen and oxygen atoms in total. The first-order chi connectivity index (χ1) is 14.6. The fourth-order valence-corrected chi connectivity index (χ4v) is 3.25. The second-order valence-corrected chi connectivity index (χ2v) is 6.66. The lowest BCUT2D eigenvalue weighted by Crippen LogP contribution is -2.34. The van der Waals surface area contributed by atoms with Gasteiger partial charge < -0.3 is 24.4 Å². The maximum absolute atomic E-state index is 12.7. The molecule has 0 saturated carbocycles. The van der Waals surface area contributed by atoms with Gasteiger partial charge in [0.25, 0.3) is 0 Å². The normalized spacial score (nSPS) is 11.3. The van der Waals surface area contributed by atoms with Crippen LogP contribution < -0.4 is 19.5 Å². The molecule has 0 bridgehead atoms. The average Bonchev–Trinajstić information content (AvgIpc) is 2.79. The highest BCUT2D eigenvalue weighted by molar-refractivity contribution is 5.99. The molecule has 0 heterocycles. The Kier molecular flexibility index (Phi) is 9.22. The van der Waals surface area contributed by atoms with Gasteiger partial charge in [-0.25, -0.2) is 0 Å². The van der Waals surface area contributed by atoms with E-state index in [-0.39, 0.29) is 5.91 Å². The van der Waals surface area contributed by atoms with Gasteiger partial charge in [-0.15, -0.1) is 0 Å². The molecule has 0 radical (unpaired) electrons. The van der Waals surface area contributed by atoms with Crippen LogP contribution in [0.25, 0.3) is 5.57 Å². The molecule has 0 saturated heterocycles. The van der Waals surface area contributed by atoms with Gasteiger partial charge in [0.2, 0.25) is 11.7 Å². The van der Waals surface area contributed by atoms with E-state index in [4.69, 9.17) is 14.2 Å². The van der Waals surface area contributed by atoms with Crippen molar-refractivity contribution in [3.8, 4) is 17.2 Å². The topological polar surface area (TPSA) is 60.0 Å². The molecular weight excluding hydrogens is 380 g/mol. The number of rotatable bonds is 11. The number of methoxy groups -OCH3 is 3. The number of benzene rings is 2. The Balaban J connectivity index is 2.40. The van der Waals surface area contributed by atoms with E-state index in [9.17, 15) is 4.79 Å². The zero-order valence-electron chi connectivity index (χ0n) is 18.5. The molecule has 0 fully saturated rings. The van der Waals surface area contributed by atoms with E-state index >= 15 is 0 Å². The molecule has 162 valence electrons. The molecule has 0 spiro atoms. The largest absolute Gasteiger partial charge is 0.493 e. The Morgan fingerprint density at radius 1 is 0.933 bits per heavy atom. The summed E-state index contributed by atoms with van der Waals surface area (Å²) in [5.74, 6) is 1.45. The zero-order valence-corrected chi connectivity index (χ0v) is 18.5. The molecule has 0 aliphatic rings. The lowest BCUT2D eigenvalue weighted by atomic mass is 9.96. The van der Waals surface area contributed by atoms with Gasteiger partial charge in [-0.3, -0.25) is 4.79 Å². The van der Waals surface area contributed by atoms with Gasteiger partial charge in [0.1, 0.15) is 0 Å². The third kappa shape index (κ3) is 6.00. The Morgan fingerprint density at radius 3 is 2.03 bits per heavy atom. The fraction of sp³-hybridized carbons (Fsp3) is 0.375. The summed E-state index contributed by atoms with van der Waals surface area (Å²) in [7, 11) is 4.72. The van der Waals surface area contributed by atoms with Gasteiger partial charge in [-0.2, -0.15) is 0 Å². The monoisotopic (exact) mass is 412 g/mol. The molecule has 0 aliphatic heterocycles. The Labute approximate surface area is 179 Å². The highest BCUT2D eigenvalue weighted by atomic mass is 16.5. The Bertz CT molecular complexity index is 821. The van der Waals surface area contributed by atoms with Crippen LogP contribution >= 0.6 is 0 Å². The highest BCUT2D eigenvalue weighted by Gasteiger charge is 2.17. The first-order valence-electron chi connectivity index (χ1n) is 10.2. The summed E-state index contributed by atoms with van der Waals surface area (Å²) in [6.07, 6.45) is 1.62. The number of hydrogen-bond acceptors (Lipinski definition) is 5. The standard InChI is InChI=1S/C24H32N2O4/c1-6-26(7-2)14-13-25-23(27)17-20(18-11-9-8-10-12-18)19-15-21(28-3)24(30-5)22(16-19)29-4/h8-12,15-17H,6-7,13-14H2,1-5H3,(H,25,27)/b20-17+. The van der Waals surface area contributed by atoms with Crippen molar-refractivity contribution in [2.75, 3.05) is 47.5 Å². The minimum atomic E-state index is -0.144. The van der Waals surface area contributed by atoms with Gasteiger partial charge in [0, 0.05) is 19.2 Å². The van der Waals surface area contributed by atoms with Gasteiger partial charge >= 0.3 is 0 Å². The van der Waals surface area contributed by atoms with Crippen LogP contribution in [0.1, 0.15) is 25.0 Å². The van der Waals surface area contributed by atoms with Gasteiger partial charge in [-0.1, -0.05) is 44.2 Å². The van der Waals surface area contributed by atoms with E-state index in [0.717, 1.165) is 36.3 Å². The molecule has 1 amide bonds. The van der Waals surface area contributed by atoms with Crippen LogP contribution in [-0.4, -0.2) is 58.3 Å². The summed E-state index contributed by atoms with van der Waals surface area (Å²) in [5.41, 5.74) is 2.50. The van der Waals surface area contributed by atoms with E-state index in [1.54, 1.807) is 27.4 Å². The molecule has 0 unspecified atom stereocenters. The lowest BCUT2D eigenvalue weighted by molar-refractivity contribution is -0.116. The molecule has 2 aromatic carbocycles. The number of nitrogens with one attached hydrogen (secondary N) is 1. The number of nitrogens with zero attached hydrogens (tertiary/aromatic N) is 1. The summed E-state index contributed by atoms with van der Waals surface area (Å²) in [6, 6.07) is 13.5. The van der Waals surface area contributed by atoms with Gasteiger partial charge in [0.15, 0.2) is 11.5 Å². The van der Waals surface area contributed by atoms with Crippen molar-refractivity contribution in [3.05, 3.63) is 59.7 Å². The predicted molar refractivity (Wildman–Crippen MR) is 120 cm³/mol. The minimum Gasteiger partial charge on any atom is -0.493 e. The first-order valence-corrected chi connectivity index (χ1v) is 10.2. The second kappa shape index (κ2) is 11.9. The first kappa shape index (κ1) is 23.3.